The average Bonchev–Trinajstić information content (AvgIpc) is 3.16. The second-order valence-electron chi connectivity index (χ2n) is 5.75. The Bertz CT molecular complexity index is 582. The van der Waals surface area contributed by atoms with Crippen LogP contribution in [0.1, 0.15) is 36.0 Å². The molecular formula is C15H15Cl2NO3. The maximum Gasteiger partial charge on any atom is 0.335 e. The van der Waals surface area contributed by atoms with Crippen molar-refractivity contribution < 1.29 is 14.7 Å². The summed E-state index contributed by atoms with van der Waals surface area (Å²) in [7, 11) is 0. The molecule has 1 aromatic rings. The lowest BCUT2D eigenvalue weighted by Crippen LogP contribution is -2.16. The number of carbonyl (C=O) groups is 2. The number of fused-ring (bicyclic) bond motifs is 1. The molecule has 2 saturated carbocycles. The molecule has 2 atom stereocenters. The Labute approximate surface area is 132 Å². The standard InChI is InChI=1S/C15H15Cl2NO3/c16-10-5-7(15(20)21)6-11(17)13(10)18-14(19)12-8-3-1-2-4-9(8)12/h5-6,8-9,12H,1-4H2,(H,18,19)(H,20,21). The van der Waals surface area contributed by atoms with Gasteiger partial charge >= 0.3 is 5.97 Å². The van der Waals surface area contributed by atoms with E-state index in [-0.39, 0.29) is 27.4 Å². The number of anilines is 1. The van der Waals surface area contributed by atoms with E-state index in [1.807, 2.05) is 0 Å². The molecule has 112 valence electrons. The molecular weight excluding hydrogens is 313 g/mol. The van der Waals surface area contributed by atoms with Crippen molar-refractivity contribution in [3.05, 3.63) is 27.7 Å². The maximum absolute atomic E-state index is 12.3. The summed E-state index contributed by atoms with van der Waals surface area (Å²) in [5.41, 5.74) is 0.306. The molecule has 3 rings (SSSR count). The summed E-state index contributed by atoms with van der Waals surface area (Å²) in [6.07, 6.45) is 4.61. The minimum absolute atomic E-state index is 0.00286. The third-order valence-corrected chi connectivity index (χ3v) is 5.09. The first-order chi connectivity index (χ1) is 9.99. The molecule has 6 heteroatoms. The number of benzene rings is 1. The van der Waals surface area contributed by atoms with Gasteiger partial charge in [-0.1, -0.05) is 36.0 Å². The first-order valence-corrected chi connectivity index (χ1v) is 7.78. The van der Waals surface area contributed by atoms with E-state index in [1.54, 1.807) is 0 Å². The lowest BCUT2D eigenvalue weighted by molar-refractivity contribution is -0.117. The summed E-state index contributed by atoms with van der Waals surface area (Å²) in [6.45, 7) is 0. The highest BCUT2D eigenvalue weighted by Gasteiger charge is 2.54. The molecule has 2 unspecified atom stereocenters. The van der Waals surface area contributed by atoms with E-state index in [0.717, 1.165) is 12.8 Å². The van der Waals surface area contributed by atoms with Crippen LogP contribution < -0.4 is 5.32 Å². The van der Waals surface area contributed by atoms with Gasteiger partial charge in [0.1, 0.15) is 0 Å². The first-order valence-electron chi connectivity index (χ1n) is 7.02. The smallest absolute Gasteiger partial charge is 0.335 e. The van der Waals surface area contributed by atoms with E-state index in [1.165, 1.54) is 25.0 Å². The topological polar surface area (TPSA) is 66.4 Å². The van der Waals surface area contributed by atoms with Crippen molar-refractivity contribution in [1.29, 1.82) is 0 Å². The van der Waals surface area contributed by atoms with Gasteiger partial charge in [-0.15, -0.1) is 0 Å². The second kappa shape index (κ2) is 5.50. The summed E-state index contributed by atoms with van der Waals surface area (Å²) in [5.74, 6) is -0.119. The molecule has 2 N–H and O–H groups in total. The van der Waals surface area contributed by atoms with Crippen LogP contribution in [0, 0.1) is 17.8 Å². The number of amides is 1. The Morgan fingerprint density at radius 3 is 2.10 bits per heavy atom. The Morgan fingerprint density at radius 1 is 1.10 bits per heavy atom. The largest absolute Gasteiger partial charge is 0.478 e. The number of nitrogens with one attached hydrogen (secondary N) is 1. The third kappa shape index (κ3) is 2.74. The number of carboxylic acid groups (broad SMARTS) is 1. The number of rotatable bonds is 3. The van der Waals surface area contributed by atoms with Crippen molar-refractivity contribution in [2.24, 2.45) is 17.8 Å². The molecule has 2 fully saturated rings. The average molecular weight is 328 g/mol. The molecule has 4 nitrogen and oxygen atoms in total. The molecule has 0 aromatic heterocycles. The fraction of sp³-hybridized carbons (Fsp3) is 0.467. The zero-order chi connectivity index (χ0) is 15.1. The van der Waals surface area contributed by atoms with Crippen molar-refractivity contribution in [3.8, 4) is 0 Å². The summed E-state index contributed by atoms with van der Waals surface area (Å²) < 4.78 is 0. The summed E-state index contributed by atoms with van der Waals surface area (Å²) >= 11 is 12.1. The summed E-state index contributed by atoms with van der Waals surface area (Å²) in [5, 5.41) is 12.0. The highest BCUT2D eigenvalue weighted by atomic mass is 35.5. The highest BCUT2D eigenvalue weighted by molar-refractivity contribution is 6.40. The number of carboxylic acids is 1. The molecule has 0 heterocycles. The monoisotopic (exact) mass is 327 g/mol. The summed E-state index contributed by atoms with van der Waals surface area (Å²) in [4.78, 5) is 23.2. The van der Waals surface area contributed by atoms with Gasteiger partial charge in [0.05, 0.1) is 21.3 Å². The van der Waals surface area contributed by atoms with Crippen LogP contribution in [0.25, 0.3) is 0 Å². The second-order valence-corrected chi connectivity index (χ2v) is 6.56. The van der Waals surface area contributed by atoms with Crippen molar-refractivity contribution in [2.45, 2.75) is 25.7 Å². The molecule has 2 aliphatic rings. The molecule has 0 radical (unpaired) electrons. The molecule has 1 aromatic carbocycles. The highest BCUT2D eigenvalue weighted by Crippen LogP contribution is 2.55. The van der Waals surface area contributed by atoms with Crippen LogP contribution in [0.2, 0.25) is 10.0 Å². The minimum atomic E-state index is -1.11. The van der Waals surface area contributed by atoms with Gasteiger partial charge in [-0.3, -0.25) is 4.79 Å². The number of carbonyl (C=O) groups excluding carboxylic acids is 1. The van der Waals surface area contributed by atoms with Crippen LogP contribution in [-0.2, 0) is 4.79 Å². The number of aromatic carboxylic acids is 1. The van der Waals surface area contributed by atoms with Gasteiger partial charge in [0, 0.05) is 5.92 Å². The molecule has 21 heavy (non-hydrogen) atoms. The van der Waals surface area contributed by atoms with E-state index in [9.17, 15) is 9.59 Å². The Morgan fingerprint density at radius 2 is 1.62 bits per heavy atom. The zero-order valence-corrected chi connectivity index (χ0v) is 12.7. The van der Waals surface area contributed by atoms with Crippen LogP contribution in [0.5, 0.6) is 0 Å². The van der Waals surface area contributed by atoms with Crippen LogP contribution in [-0.4, -0.2) is 17.0 Å². The van der Waals surface area contributed by atoms with E-state index in [2.05, 4.69) is 5.32 Å². The minimum Gasteiger partial charge on any atom is -0.478 e. The zero-order valence-electron chi connectivity index (χ0n) is 11.2. The van der Waals surface area contributed by atoms with Gasteiger partial charge in [-0.25, -0.2) is 4.79 Å². The predicted octanol–water partition coefficient (Wildman–Crippen LogP) is 4.07. The number of halogens is 2. The van der Waals surface area contributed by atoms with E-state index < -0.39 is 5.97 Å². The van der Waals surface area contributed by atoms with Gasteiger partial charge < -0.3 is 10.4 Å². The van der Waals surface area contributed by atoms with Crippen LogP contribution in [0.15, 0.2) is 12.1 Å². The quantitative estimate of drug-likeness (QED) is 0.879. The van der Waals surface area contributed by atoms with Crippen LogP contribution in [0.3, 0.4) is 0 Å². The van der Waals surface area contributed by atoms with Gasteiger partial charge in [0.25, 0.3) is 0 Å². The SMILES string of the molecule is O=C(O)c1cc(Cl)c(NC(=O)C2C3CCCCC32)c(Cl)c1. The van der Waals surface area contributed by atoms with Crippen molar-refractivity contribution in [1.82, 2.24) is 0 Å². The Hall–Kier alpha value is -1.26. The first kappa shape index (κ1) is 14.7. The van der Waals surface area contributed by atoms with Crippen LogP contribution in [0.4, 0.5) is 5.69 Å². The van der Waals surface area contributed by atoms with Crippen LogP contribution >= 0.6 is 23.2 Å². The molecule has 1 amide bonds. The Balaban J connectivity index is 1.76. The fourth-order valence-electron chi connectivity index (χ4n) is 3.40. The normalized spacial score (nSPS) is 26.9. The van der Waals surface area contributed by atoms with Gasteiger partial charge in [0.2, 0.25) is 5.91 Å². The van der Waals surface area contributed by atoms with Gasteiger partial charge in [-0.2, -0.15) is 0 Å². The van der Waals surface area contributed by atoms with E-state index in [0.29, 0.717) is 17.5 Å². The molecule has 2 aliphatic carbocycles. The Kier molecular flexibility index (Phi) is 3.84. The predicted molar refractivity (Wildman–Crippen MR) is 81.0 cm³/mol. The third-order valence-electron chi connectivity index (χ3n) is 4.50. The molecule has 0 aliphatic heterocycles. The lowest BCUT2D eigenvalue weighted by Gasteiger charge is -2.10. The summed E-state index contributed by atoms with van der Waals surface area (Å²) in [6, 6.07) is 2.59. The molecule has 0 spiro atoms. The van der Waals surface area contributed by atoms with Crippen molar-refractivity contribution >= 4 is 40.8 Å². The van der Waals surface area contributed by atoms with E-state index in [4.69, 9.17) is 28.3 Å². The van der Waals surface area contributed by atoms with Crippen molar-refractivity contribution in [3.63, 3.8) is 0 Å². The van der Waals surface area contributed by atoms with Gasteiger partial charge in [-0.05, 0) is 36.8 Å². The maximum atomic E-state index is 12.3. The lowest BCUT2D eigenvalue weighted by atomic mass is 10.0. The number of hydrogen-bond donors (Lipinski definition) is 2. The van der Waals surface area contributed by atoms with Crippen molar-refractivity contribution in [2.75, 3.05) is 5.32 Å². The van der Waals surface area contributed by atoms with Gasteiger partial charge in [0.15, 0.2) is 0 Å². The molecule has 0 bridgehead atoms. The fourth-order valence-corrected chi connectivity index (χ4v) is 3.99. The van der Waals surface area contributed by atoms with E-state index >= 15 is 0 Å². The molecule has 0 saturated heterocycles. The number of hydrogen-bond acceptors (Lipinski definition) is 2.